The molecule has 0 saturated carbocycles. The summed E-state index contributed by atoms with van der Waals surface area (Å²) in [4.78, 5) is 29.0. The Balaban J connectivity index is 2.51. The third kappa shape index (κ3) is 4.61. The summed E-state index contributed by atoms with van der Waals surface area (Å²) in [7, 11) is 3.08. The Morgan fingerprint density at radius 2 is 2.15 bits per heavy atom. The first-order chi connectivity index (χ1) is 9.45. The van der Waals surface area contributed by atoms with Crippen molar-refractivity contribution in [3.05, 3.63) is 11.6 Å². The molecule has 0 atom stereocenters. The van der Waals surface area contributed by atoms with Crippen LogP contribution in [-0.2, 0) is 9.53 Å². The molecule has 1 aromatic heterocycles. The maximum atomic E-state index is 12.0. The lowest BCUT2D eigenvalue weighted by Crippen LogP contribution is -2.39. The second kappa shape index (κ2) is 7.59. The van der Waals surface area contributed by atoms with Crippen LogP contribution < -0.4 is 5.32 Å². The molecule has 112 valence electrons. The molecule has 20 heavy (non-hydrogen) atoms. The Morgan fingerprint density at radius 3 is 2.70 bits per heavy atom. The third-order valence-corrected chi connectivity index (χ3v) is 2.60. The SMILES string of the molecule is COCCNC(=O)CN(C)C(=O)c1n[nH]c(C(C)C)n1. The molecule has 2 amide bonds. The number of carbonyl (C=O) groups is 2. The number of H-pyrrole nitrogens is 1. The van der Waals surface area contributed by atoms with Crippen molar-refractivity contribution < 1.29 is 14.3 Å². The van der Waals surface area contributed by atoms with Crippen LogP contribution in [0.15, 0.2) is 0 Å². The van der Waals surface area contributed by atoms with Gasteiger partial charge in [0.15, 0.2) is 0 Å². The highest BCUT2D eigenvalue weighted by atomic mass is 16.5. The van der Waals surface area contributed by atoms with E-state index in [0.717, 1.165) is 0 Å². The molecule has 1 aromatic rings. The number of hydrogen-bond donors (Lipinski definition) is 2. The zero-order valence-electron chi connectivity index (χ0n) is 12.3. The topological polar surface area (TPSA) is 100 Å². The Bertz CT molecular complexity index is 458. The van der Waals surface area contributed by atoms with Gasteiger partial charge in [-0.3, -0.25) is 14.7 Å². The van der Waals surface area contributed by atoms with Crippen LogP contribution in [0.5, 0.6) is 0 Å². The van der Waals surface area contributed by atoms with Crippen molar-refractivity contribution in [1.82, 2.24) is 25.4 Å². The molecule has 0 bridgehead atoms. The lowest BCUT2D eigenvalue weighted by atomic mass is 10.2. The van der Waals surface area contributed by atoms with Crippen molar-refractivity contribution in [3.8, 4) is 0 Å². The summed E-state index contributed by atoms with van der Waals surface area (Å²) in [6, 6.07) is 0. The molecule has 0 spiro atoms. The number of likely N-dealkylation sites (N-methyl/N-ethyl adjacent to an activating group) is 1. The number of nitrogens with one attached hydrogen (secondary N) is 2. The molecule has 2 N–H and O–H groups in total. The van der Waals surface area contributed by atoms with E-state index in [1.807, 2.05) is 13.8 Å². The number of rotatable bonds is 7. The van der Waals surface area contributed by atoms with Crippen LogP contribution >= 0.6 is 0 Å². The van der Waals surface area contributed by atoms with Crippen LogP contribution in [0.1, 0.15) is 36.2 Å². The zero-order valence-corrected chi connectivity index (χ0v) is 12.3. The van der Waals surface area contributed by atoms with Crippen molar-refractivity contribution in [2.45, 2.75) is 19.8 Å². The van der Waals surface area contributed by atoms with Gasteiger partial charge in [0.2, 0.25) is 11.7 Å². The van der Waals surface area contributed by atoms with Crippen molar-refractivity contribution in [1.29, 1.82) is 0 Å². The largest absolute Gasteiger partial charge is 0.383 e. The van der Waals surface area contributed by atoms with Gasteiger partial charge >= 0.3 is 0 Å². The first-order valence-corrected chi connectivity index (χ1v) is 6.39. The molecule has 0 aromatic carbocycles. The second-order valence-electron chi connectivity index (χ2n) is 4.70. The first kappa shape index (κ1) is 16.1. The minimum Gasteiger partial charge on any atom is -0.383 e. The van der Waals surface area contributed by atoms with Crippen LogP contribution in [0, 0.1) is 0 Å². The number of methoxy groups -OCH3 is 1. The molecular weight excluding hydrogens is 262 g/mol. The van der Waals surface area contributed by atoms with E-state index in [1.54, 1.807) is 7.11 Å². The minimum absolute atomic E-state index is 0.0475. The Labute approximate surface area is 117 Å². The quantitative estimate of drug-likeness (QED) is 0.673. The predicted octanol–water partition coefficient (Wildman–Crippen LogP) is -0.237. The summed E-state index contributed by atoms with van der Waals surface area (Å²) < 4.78 is 4.82. The smallest absolute Gasteiger partial charge is 0.293 e. The average molecular weight is 283 g/mol. The molecule has 1 heterocycles. The molecule has 8 nitrogen and oxygen atoms in total. The van der Waals surface area contributed by atoms with Crippen molar-refractivity contribution in [3.63, 3.8) is 0 Å². The van der Waals surface area contributed by atoms with E-state index in [9.17, 15) is 9.59 Å². The number of carbonyl (C=O) groups excluding carboxylic acids is 2. The normalized spacial score (nSPS) is 10.7. The fraction of sp³-hybridized carbons (Fsp3) is 0.667. The molecule has 0 unspecified atom stereocenters. The Kier molecular flexibility index (Phi) is 6.10. The van der Waals surface area contributed by atoms with Gasteiger partial charge in [-0.15, -0.1) is 5.10 Å². The molecule has 0 radical (unpaired) electrons. The maximum Gasteiger partial charge on any atom is 0.293 e. The molecule has 0 saturated heterocycles. The summed E-state index contributed by atoms with van der Waals surface area (Å²) in [6.07, 6.45) is 0. The number of aromatic amines is 1. The fourth-order valence-corrected chi connectivity index (χ4v) is 1.43. The molecule has 0 fully saturated rings. The lowest BCUT2D eigenvalue weighted by molar-refractivity contribution is -0.121. The highest BCUT2D eigenvalue weighted by molar-refractivity contribution is 5.93. The van der Waals surface area contributed by atoms with Gasteiger partial charge in [-0.25, -0.2) is 4.98 Å². The van der Waals surface area contributed by atoms with Crippen LogP contribution in [-0.4, -0.2) is 65.7 Å². The summed E-state index contributed by atoms with van der Waals surface area (Å²) in [5.74, 6) is 0.228. The van der Waals surface area contributed by atoms with Gasteiger partial charge in [-0.2, -0.15) is 0 Å². The Hall–Kier alpha value is -1.96. The summed E-state index contributed by atoms with van der Waals surface area (Å²) in [5, 5.41) is 9.21. The minimum atomic E-state index is -0.393. The fourth-order valence-electron chi connectivity index (χ4n) is 1.43. The predicted molar refractivity (Wildman–Crippen MR) is 72.3 cm³/mol. The molecule has 8 heteroatoms. The van der Waals surface area contributed by atoms with Crippen LogP contribution in [0.25, 0.3) is 0 Å². The first-order valence-electron chi connectivity index (χ1n) is 6.39. The lowest BCUT2D eigenvalue weighted by Gasteiger charge is -2.14. The molecule has 0 aliphatic rings. The van der Waals surface area contributed by atoms with E-state index in [2.05, 4.69) is 20.5 Å². The highest BCUT2D eigenvalue weighted by Crippen LogP contribution is 2.08. The average Bonchev–Trinajstić information content (AvgIpc) is 2.87. The Morgan fingerprint density at radius 1 is 1.45 bits per heavy atom. The van der Waals surface area contributed by atoms with Crippen molar-refractivity contribution in [2.24, 2.45) is 0 Å². The summed E-state index contributed by atoms with van der Waals surface area (Å²) >= 11 is 0. The van der Waals surface area contributed by atoms with Crippen LogP contribution in [0.3, 0.4) is 0 Å². The van der Waals surface area contributed by atoms with Gasteiger partial charge in [0.1, 0.15) is 5.82 Å². The van der Waals surface area contributed by atoms with E-state index in [-0.39, 0.29) is 24.2 Å². The summed E-state index contributed by atoms with van der Waals surface area (Å²) in [5.41, 5.74) is 0. The summed E-state index contributed by atoms with van der Waals surface area (Å²) in [6.45, 7) is 4.69. The number of amides is 2. The maximum absolute atomic E-state index is 12.0. The van der Waals surface area contributed by atoms with Crippen molar-refractivity contribution in [2.75, 3.05) is 33.9 Å². The zero-order chi connectivity index (χ0) is 15.1. The van der Waals surface area contributed by atoms with Gasteiger partial charge in [-0.05, 0) is 0 Å². The van der Waals surface area contributed by atoms with Gasteiger partial charge in [-0.1, -0.05) is 13.8 Å². The van der Waals surface area contributed by atoms with Gasteiger partial charge in [0.25, 0.3) is 5.91 Å². The standard InChI is InChI=1S/C12H21N5O3/c1-8(2)10-14-11(16-15-10)12(19)17(3)7-9(18)13-5-6-20-4/h8H,5-7H2,1-4H3,(H,13,18)(H,14,15,16). The second-order valence-corrected chi connectivity index (χ2v) is 4.70. The van der Waals surface area contributed by atoms with E-state index >= 15 is 0 Å². The van der Waals surface area contributed by atoms with Gasteiger partial charge < -0.3 is 15.0 Å². The number of ether oxygens (including phenoxy) is 1. The van der Waals surface area contributed by atoms with Gasteiger partial charge in [0, 0.05) is 26.6 Å². The van der Waals surface area contributed by atoms with E-state index in [4.69, 9.17) is 4.74 Å². The number of nitrogens with zero attached hydrogens (tertiary/aromatic N) is 3. The van der Waals surface area contributed by atoms with Gasteiger partial charge in [0.05, 0.1) is 13.2 Å². The number of aromatic nitrogens is 3. The molecule has 0 aliphatic heterocycles. The van der Waals surface area contributed by atoms with E-state index < -0.39 is 5.91 Å². The van der Waals surface area contributed by atoms with E-state index in [1.165, 1.54) is 11.9 Å². The van der Waals surface area contributed by atoms with Crippen LogP contribution in [0.2, 0.25) is 0 Å². The molecule has 0 aliphatic carbocycles. The monoisotopic (exact) mass is 283 g/mol. The molecular formula is C12H21N5O3. The van der Waals surface area contributed by atoms with Crippen molar-refractivity contribution >= 4 is 11.8 Å². The molecule has 1 rings (SSSR count). The van der Waals surface area contributed by atoms with Crippen LogP contribution in [0.4, 0.5) is 0 Å². The third-order valence-electron chi connectivity index (χ3n) is 2.60. The van der Waals surface area contributed by atoms with E-state index in [0.29, 0.717) is 19.0 Å². The highest BCUT2D eigenvalue weighted by Gasteiger charge is 2.19. The number of hydrogen-bond acceptors (Lipinski definition) is 5.